The first-order valence-corrected chi connectivity index (χ1v) is 11.9. The molecule has 0 N–H and O–H groups in total. The summed E-state index contributed by atoms with van der Waals surface area (Å²) < 4.78 is 22.2. The molecule has 7 heteroatoms. The first-order valence-electron chi connectivity index (χ1n) is 11.9. The summed E-state index contributed by atoms with van der Waals surface area (Å²) in [7, 11) is 1.59. The summed E-state index contributed by atoms with van der Waals surface area (Å²) in [6.07, 6.45) is -0.428. The Morgan fingerprint density at radius 2 is 1.73 bits per heavy atom. The van der Waals surface area contributed by atoms with E-state index in [4.69, 9.17) is 18.6 Å². The maximum atomic E-state index is 12.7. The molecule has 0 bridgehead atoms. The number of oxazole rings is 1. The molecule has 0 fully saturated rings. The minimum Gasteiger partial charge on any atom is -0.497 e. The van der Waals surface area contributed by atoms with E-state index in [1.165, 1.54) is 0 Å². The Hall–Kier alpha value is -4.70. The third-order valence-electron chi connectivity index (χ3n) is 5.51. The molecule has 188 valence electrons. The third-order valence-corrected chi connectivity index (χ3v) is 5.51. The number of carbonyl (C=O) groups excluding carboxylic acids is 1. The molecule has 3 aromatic carbocycles. The largest absolute Gasteiger partial charge is 0.497 e. The first-order chi connectivity index (χ1) is 18.1. The van der Waals surface area contributed by atoms with Gasteiger partial charge in [-0.2, -0.15) is 0 Å². The van der Waals surface area contributed by atoms with E-state index in [2.05, 4.69) is 16.8 Å². The second-order valence-corrected chi connectivity index (χ2v) is 8.09. The average molecular weight is 497 g/mol. The summed E-state index contributed by atoms with van der Waals surface area (Å²) in [6.45, 7) is 4.81. The van der Waals surface area contributed by atoms with Crippen molar-refractivity contribution < 1.29 is 23.4 Å². The van der Waals surface area contributed by atoms with Gasteiger partial charge in [-0.3, -0.25) is 0 Å². The number of hydrogen-bond donors (Lipinski definition) is 0. The molecule has 0 atom stereocenters. The predicted molar refractivity (Wildman–Crippen MR) is 141 cm³/mol. The summed E-state index contributed by atoms with van der Waals surface area (Å²) in [6, 6.07) is 24.1. The van der Waals surface area contributed by atoms with Gasteiger partial charge in [-0.1, -0.05) is 36.3 Å². The second kappa shape index (κ2) is 12.3. The minimum absolute atomic E-state index is 0.188. The molecule has 7 nitrogen and oxygen atoms in total. The molecular weight excluding hydrogens is 468 g/mol. The van der Waals surface area contributed by atoms with Gasteiger partial charge < -0.3 is 23.5 Å². The molecule has 4 aromatic rings. The fourth-order valence-corrected chi connectivity index (χ4v) is 3.52. The number of rotatable bonds is 8. The maximum absolute atomic E-state index is 12.7. The number of carbonyl (C=O) groups is 1. The van der Waals surface area contributed by atoms with Gasteiger partial charge in [-0.05, 0) is 73.9 Å². The molecule has 1 amide bonds. The number of benzene rings is 3. The van der Waals surface area contributed by atoms with Crippen LogP contribution in [0.3, 0.4) is 0 Å². The second-order valence-electron chi connectivity index (χ2n) is 8.09. The highest BCUT2D eigenvalue weighted by atomic mass is 16.6. The van der Waals surface area contributed by atoms with Crippen molar-refractivity contribution in [1.29, 1.82) is 0 Å². The zero-order valence-corrected chi connectivity index (χ0v) is 21.1. The van der Waals surface area contributed by atoms with Crippen molar-refractivity contribution >= 4 is 6.09 Å². The Balaban J connectivity index is 1.33. The zero-order valence-electron chi connectivity index (χ0n) is 21.1. The van der Waals surface area contributed by atoms with Crippen molar-refractivity contribution in [2.24, 2.45) is 0 Å². The Morgan fingerprint density at radius 1 is 0.973 bits per heavy atom. The summed E-state index contributed by atoms with van der Waals surface area (Å²) in [4.78, 5) is 18.8. The topological polar surface area (TPSA) is 74.0 Å². The molecule has 0 spiro atoms. The van der Waals surface area contributed by atoms with Gasteiger partial charge in [-0.15, -0.1) is 0 Å². The lowest BCUT2D eigenvalue weighted by Gasteiger charge is -2.20. The lowest BCUT2D eigenvalue weighted by atomic mass is 10.2. The Labute approximate surface area is 216 Å². The van der Waals surface area contributed by atoms with Gasteiger partial charge in [0, 0.05) is 18.7 Å². The van der Waals surface area contributed by atoms with Gasteiger partial charge in [0.2, 0.25) is 5.89 Å². The average Bonchev–Trinajstić information content (AvgIpc) is 3.31. The van der Waals surface area contributed by atoms with Crippen LogP contribution in [0.2, 0.25) is 0 Å². The summed E-state index contributed by atoms with van der Waals surface area (Å²) in [5, 5.41) is 0. The molecule has 4 rings (SSSR count). The summed E-state index contributed by atoms with van der Waals surface area (Å²) in [5.74, 6) is 9.03. The molecule has 0 saturated heterocycles. The normalized spacial score (nSPS) is 10.2. The van der Waals surface area contributed by atoms with Crippen LogP contribution >= 0.6 is 0 Å². The first kappa shape index (κ1) is 25.4. The van der Waals surface area contributed by atoms with E-state index in [1.54, 1.807) is 36.3 Å². The van der Waals surface area contributed by atoms with Crippen molar-refractivity contribution in [1.82, 2.24) is 9.88 Å². The highest BCUT2D eigenvalue weighted by Crippen LogP contribution is 2.21. The molecule has 0 aliphatic rings. The van der Waals surface area contributed by atoms with Crippen molar-refractivity contribution in [3.63, 3.8) is 0 Å². The van der Waals surface area contributed by atoms with Crippen LogP contribution in [0, 0.1) is 18.8 Å². The summed E-state index contributed by atoms with van der Waals surface area (Å²) >= 11 is 0. The van der Waals surface area contributed by atoms with E-state index in [0.717, 1.165) is 11.1 Å². The number of aryl methyl sites for hydroxylation is 1. The van der Waals surface area contributed by atoms with Crippen molar-refractivity contribution in [3.8, 4) is 40.5 Å². The Bertz CT molecular complexity index is 1380. The number of aromatic nitrogens is 1. The number of ether oxygens (including phenoxy) is 3. The van der Waals surface area contributed by atoms with Gasteiger partial charge in [0.1, 0.15) is 29.6 Å². The van der Waals surface area contributed by atoms with Gasteiger partial charge in [0.15, 0.2) is 5.69 Å². The number of nitrogens with zero attached hydrogens (tertiary/aromatic N) is 2. The molecular formula is C30H28N2O5. The van der Waals surface area contributed by atoms with Crippen LogP contribution in [0.15, 0.2) is 83.3 Å². The monoisotopic (exact) mass is 496 g/mol. The lowest BCUT2D eigenvalue weighted by molar-refractivity contribution is 0.152. The standard InChI is InChI=1S/C30H28N2O5/c1-4-32(30(33)37-26-17-15-25(34-3)16-18-26)21-23-10-8-13-27(20-23)35-19-9-14-28-22(2)36-29(31-28)24-11-6-5-7-12-24/h5-8,10-13,15-18,20H,4,19,21H2,1-3H3. The lowest BCUT2D eigenvalue weighted by Crippen LogP contribution is -2.32. The highest BCUT2D eigenvalue weighted by Gasteiger charge is 2.15. The van der Waals surface area contributed by atoms with E-state index in [1.807, 2.05) is 68.4 Å². The Kier molecular flexibility index (Phi) is 8.45. The van der Waals surface area contributed by atoms with Crippen LogP contribution in [-0.2, 0) is 6.54 Å². The molecule has 0 radical (unpaired) electrons. The smallest absolute Gasteiger partial charge is 0.415 e. The quantitative estimate of drug-likeness (QED) is 0.274. The zero-order chi connectivity index (χ0) is 26.0. The fourth-order valence-electron chi connectivity index (χ4n) is 3.52. The molecule has 0 saturated carbocycles. The van der Waals surface area contributed by atoms with E-state index in [-0.39, 0.29) is 6.61 Å². The van der Waals surface area contributed by atoms with Crippen LogP contribution in [-0.4, -0.2) is 36.2 Å². The minimum atomic E-state index is -0.428. The van der Waals surface area contributed by atoms with Crippen LogP contribution in [0.25, 0.3) is 11.5 Å². The number of methoxy groups -OCH3 is 1. The van der Waals surface area contributed by atoms with E-state index in [0.29, 0.717) is 47.7 Å². The van der Waals surface area contributed by atoms with Crippen LogP contribution < -0.4 is 14.2 Å². The number of amides is 1. The van der Waals surface area contributed by atoms with E-state index in [9.17, 15) is 4.79 Å². The van der Waals surface area contributed by atoms with Crippen LogP contribution in [0.5, 0.6) is 17.2 Å². The SMILES string of the molecule is CCN(Cc1cccc(OCC#Cc2nc(-c3ccccc3)oc2C)c1)C(=O)Oc1ccc(OC)cc1. The molecule has 37 heavy (non-hydrogen) atoms. The number of hydrogen-bond acceptors (Lipinski definition) is 6. The summed E-state index contributed by atoms with van der Waals surface area (Å²) in [5.41, 5.74) is 2.41. The molecule has 1 heterocycles. The van der Waals surface area contributed by atoms with E-state index >= 15 is 0 Å². The third kappa shape index (κ3) is 6.92. The van der Waals surface area contributed by atoms with E-state index < -0.39 is 6.09 Å². The fraction of sp³-hybridized carbons (Fsp3) is 0.200. The maximum Gasteiger partial charge on any atom is 0.415 e. The van der Waals surface area contributed by atoms with Crippen molar-refractivity contribution in [2.45, 2.75) is 20.4 Å². The van der Waals surface area contributed by atoms with Gasteiger partial charge >= 0.3 is 6.09 Å². The van der Waals surface area contributed by atoms with Gasteiger partial charge in [-0.25, -0.2) is 9.78 Å². The van der Waals surface area contributed by atoms with Crippen LogP contribution in [0.4, 0.5) is 4.79 Å². The van der Waals surface area contributed by atoms with Crippen LogP contribution in [0.1, 0.15) is 23.9 Å². The molecule has 1 aromatic heterocycles. The molecule has 0 aliphatic heterocycles. The van der Waals surface area contributed by atoms with Crippen molar-refractivity contribution in [3.05, 3.63) is 95.9 Å². The predicted octanol–water partition coefficient (Wildman–Crippen LogP) is 6.11. The Morgan fingerprint density at radius 3 is 2.46 bits per heavy atom. The van der Waals surface area contributed by atoms with Gasteiger partial charge in [0.25, 0.3) is 0 Å². The molecule has 0 aliphatic carbocycles. The van der Waals surface area contributed by atoms with Crippen molar-refractivity contribution in [2.75, 3.05) is 20.3 Å². The molecule has 0 unspecified atom stereocenters. The van der Waals surface area contributed by atoms with Gasteiger partial charge in [0.05, 0.1) is 7.11 Å². The highest BCUT2D eigenvalue weighted by molar-refractivity contribution is 5.70.